The molecular formula is C27H28BrN3O2S. The van der Waals surface area contributed by atoms with Gasteiger partial charge in [0.05, 0.1) is 11.7 Å². The molecule has 4 aromatic rings. The lowest BCUT2D eigenvalue weighted by atomic mass is 9.92. The fraction of sp³-hybridized carbons (Fsp3) is 0.296. The van der Waals surface area contributed by atoms with Crippen molar-refractivity contribution in [1.29, 1.82) is 0 Å². The molecule has 1 N–H and O–H groups in total. The van der Waals surface area contributed by atoms with Gasteiger partial charge in [0.1, 0.15) is 11.4 Å². The van der Waals surface area contributed by atoms with Crippen LogP contribution in [0.1, 0.15) is 55.5 Å². The number of anilines is 1. The Bertz CT molecular complexity index is 1390. The number of rotatable bonds is 6. The number of aryl methyl sites for hydroxylation is 1. The molecule has 0 fully saturated rings. The fourth-order valence-corrected chi connectivity index (χ4v) is 5.51. The van der Waals surface area contributed by atoms with E-state index in [0.717, 1.165) is 37.3 Å². The van der Waals surface area contributed by atoms with Gasteiger partial charge < -0.3 is 5.32 Å². The molecule has 0 saturated carbocycles. The van der Waals surface area contributed by atoms with E-state index in [2.05, 4.69) is 53.9 Å². The van der Waals surface area contributed by atoms with E-state index in [1.165, 1.54) is 22.2 Å². The van der Waals surface area contributed by atoms with Gasteiger partial charge in [-0.2, -0.15) is 0 Å². The minimum absolute atomic E-state index is 0.0968. The van der Waals surface area contributed by atoms with Gasteiger partial charge in [-0.05, 0) is 47.6 Å². The first-order chi connectivity index (χ1) is 16.2. The molecule has 34 heavy (non-hydrogen) atoms. The van der Waals surface area contributed by atoms with Crippen molar-refractivity contribution in [3.05, 3.63) is 79.6 Å². The Morgan fingerprint density at radius 3 is 2.26 bits per heavy atom. The Balaban J connectivity index is 1.71. The third-order valence-corrected chi connectivity index (χ3v) is 7.48. The molecule has 0 spiro atoms. The highest BCUT2D eigenvalue weighted by molar-refractivity contribution is 9.10. The van der Waals surface area contributed by atoms with E-state index in [4.69, 9.17) is 0 Å². The highest BCUT2D eigenvalue weighted by Gasteiger charge is 2.20. The number of hydrogen-bond donors (Lipinski definition) is 1. The lowest BCUT2D eigenvalue weighted by Gasteiger charge is -2.20. The van der Waals surface area contributed by atoms with Gasteiger partial charge in [0.2, 0.25) is 5.91 Å². The minimum atomic E-state index is -0.240. The summed E-state index contributed by atoms with van der Waals surface area (Å²) >= 11 is 4.96. The summed E-state index contributed by atoms with van der Waals surface area (Å²) in [5, 5.41) is 3.65. The van der Waals surface area contributed by atoms with Crippen LogP contribution in [0.15, 0.2) is 58.1 Å². The van der Waals surface area contributed by atoms with Crippen molar-refractivity contribution in [3.8, 4) is 11.1 Å². The Morgan fingerprint density at radius 1 is 1.06 bits per heavy atom. The van der Waals surface area contributed by atoms with E-state index in [0.29, 0.717) is 10.2 Å². The first-order valence-corrected chi connectivity index (χ1v) is 13.0. The molecule has 176 valence electrons. The predicted molar refractivity (Wildman–Crippen MR) is 145 cm³/mol. The third-order valence-electron chi connectivity index (χ3n) is 5.94. The number of amides is 1. The maximum atomic E-state index is 13.5. The highest BCUT2D eigenvalue weighted by atomic mass is 79.9. The SMILES string of the molecule is Cc1sc2ncn(CC(=O)Nc3c(C(C)C)cccc3C(C)C)c(=O)c2c1-c1ccc(Br)cc1. The van der Waals surface area contributed by atoms with E-state index >= 15 is 0 Å². The second kappa shape index (κ2) is 9.84. The quantitative estimate of drug-likeness (QED) is 0.285. The summed E-state index contributed by atoms with van der Waals surface area (Å²) < 4.78 is 2.38. The van der Waals surface area contributed by atoms with Gasteiger partial charge in [0, 0.05) is 20.6 Å². The number of carbonyl (C=O) groups excluding carboxylic acids is 1. The van der Waals surface area contributed by atoms with Crippen LogP contribution in [0.4, 0.5) is 5.69 Å². The zero-order chi connectivity index (χ0) is 24.6. The van der Waals surface area contributed by atoms with Crippen molar-refractivity contribution in [2.45, 2.75) is 53.0 Å². The number of aromatic nitrogens is 2. The fourth-order valence-electron chi connectivity index (χ4n) is 4.24. The van der Waals surface area contributed by atoms with Crippen molar-refractivity contribution in [2.24, 2.45) is 0 Å². The third kappa shape index (κ3) is 4.72. The van der Waals surface area contributed by atoms with Crippen LogP contribution in [0, 0.1) is 6.92 Å². The number of fused-ring (bicyclic) bond motifs is 1. The van der Waals surface area contributed by atoms with E-state index in [1.54, 1.807) is 0 Å². The van der Waals surface area contributed by atoms with Crippen molar-refractivity contribution < 1.29 is 4.79 Å². The first-order valence-electron chi connectivity index (χ1n) is 11.3. The molecule has 0 atom stereocenters. The van der Waals surface area contributed by atoms with Gasteiger partial charge in [-0.15, -0.1) is 11.3 Å². The van der Waals surface area contributed by atoms with Crippen molar-refractivity contribution >= 4 is 49.1 Å². The van der Waals surface area contributed by atoms with Gasteiger partial charge in [-0.25, -0.2) is 4.98 Å². The molecule has 2 heterocycles. The average Bonchev–Trinajstić information content (AvgIpc) is 3.12. The van der Waals surface area contributed by atoms with Crippen LogP contribution in [0.25, 0.3) is 21.3 Å². The van der Waals surface area contributed by atoms with Crippen LogP contribution >= 0.6 is 27.3 Å². The number of benzene rings is 2. The Labute approximate surface area is 212 Å². The Morgan fingerprint density at radius 2 is 1.68 bits per heavy atom. The topological polar surface area (TPSA) is 64.0 Å². The number of nitrogens with zero attached hydrogens (tertiary/aromatic N) is 2. The summed E-state index contributed by atoms with van der Waals surface area (Å²) in [4.78, 5) is 32.8. The molecule has 0 radical (unpaired) electrons. The molecule has 0 bridgehead atoms. The van der Waals surface area contributed by atoms with Crippen molar-refractivity contribution in [3.63, 3.8) is 0 Å². The molecular weight excluding hydrogens is 510 g/mol. The van der Waals surface area contributed by atoms with Crippen LogP contribution in [0.2, 0.25) is 0 Å². The molecule has 2 aromatic heterocycles. The minimum Gasteiger partial charge on any atom is -0.324 e. The molecule has 4 rings (SSSR count). The maximum Gasteiger partial charge on any atom is 0.263 e. The highest BCUT2D eigenvalue weighted by Crippen LogP contribution is 2.36. The predicted octanol–water partition coefficient (Wildman–Crippen LogP) is 7.08. The molecule has 1 amide bonds. The Hall–Kier alpha value is -2.77. The molecule has 2 aromatic carbocycles. The van der Waals surface area contributed by atoms with Gasteiger partial charge in [0.25, 0.3) is 5.56 Å². The number of halogens is 1. The molecule has 0 aliphatic heterocycles. The smallest absolute Gasteiger partial charge is 0.263 e. The molecule has 7 heteroatoms. The number of carbonyl (C=O) groups is 1. The zero-order valence-corrected chi connectivity index (χ0v) is 22.4. The summed E-state index contributed by atoms with van der Waals surface area (Å²) in [6.45, 7) is 10.3. The molecule has 0 saturated heterocycles. The second-order valence-electron chi connectivity index (χ2n) is 9.07. The van der Waals surface area contributed by atoms with Crippen LogP contribution < -0.4 is 10.9 Å². The monoisotopic (exact) mass is 537 g/mol. The van der Waals surface area contributed by atoms with E-state index < -0.39 is 0 Å². The van der Waals surface area contributed by atoms with Gasteiger partial charge in [0.15, 0.2) is 0 Å². The van der Waals surface area contributed by atoms with Gasteiger partial charge >= 0.3 is 0 Å². The van der Waals surface area contributed by atoms with E-state index in [-0.39, 0.29) is 29.8 Å². The average molecular weight is 539 g/mol. The summed E-state index contributed by atoms with van der Waals surface area (Å²) in [7, 11) is 0. The molecule has 0 unspecified atom stereocenters. The lowest BCUT2D eigenvalue weighted by molar-refractivity contribution is -0.116. The molecule has 0 aliphatic rings. The molecule has 0 aliphatic carbocycles. The van der Waals surface area contributed by atoms with Gasteiger partial charge in [-0.3, -0.25) is 14.2 Å². The first kappa shape index (κ1) is 24.4. The number of thiophene rings is 1. The summed E-state index contributed by atoms with van der Waals surface area (Å²) in [6, 6.07) is 14.0. The van der Waals surface area contributed by atoms with Gasteiger partial charge in [-0.1, -0.05) is 74.0 Å². The normalized spacial score (nSPS) is 11.5. The number of para-hydroxylation sites is 1. The maximum absolute atomic E-state index is 13.5. The van der Waals surface area contributed by atoms with Crippen molar-refractivity contribution in [2.75, 3.05) is 5.32 Å². The second-order valence-corrected chi connectivity index (χ2v) is 11.2. The van der Waals surface area contributed by atoms with Crippen molar-refractivity contribution in [1.82, 2.24) is 9.55 Å². The molecule has 5 nitrogen and oxygen atoms in total. The largest absolute Gasteiger partial charge is 0.324 e. The van der Waals surface area contributed by atoms with Crippen LogP contribution in [0.3, 0.4) is 0 Å². The standard InChI is InChI=1S/C27H28BrN3O2S/c1-15(2)20-7-6-8-21(16(3)4)25(20)30-22(32)13-31-14-29-26-24(27(31)33)23(17(5)34-26)18-9-11-19(28)12-10-18/h6-12,14-16H,13H2,1-5H3,(H,30,32). The van der Waals surface area contributed by atoms with E-state index in [9.17, 15) is 9.59 Å². The number of nitrogens with one attached hydrogen (secondary N) is 1. The van der Waals surface area contributed by atoms with Crippen LogP contribution in [-0.2, 0) is 11.3 Å². The summed E-state index contributed by atoms with van der Waals surface area (Å²) in [5.41, 5.74) is 4.66. The van der Waals surface area contributed by atoms with Crippen LogP contribution in [-0.4, -0.2) is 15.5 Å². The van der Waals surface area contributed by atoms with E-state index in [1.807, 2.05) is 49.4 Å². The number of hydrogen-bond acceptors (Lipinski definition) is 4. The lowest BCUT2D eigenvalue weighted by Crippen LogP contribution is -2.28. The van der Waals surface area contributed by atoms with Crippen LogP contribution in [0.5, 0.6) is 0 Å². The Kier molecular flexibility index (Phi) is 7.05. The summed E-state index contributed by atoms with van der Waals surface area (Å²) in [6.07, 6.45) is 1.48. The summed E-state index contributed by atoms with van der Waals surface area (Å²) in [5.74, 6) is 0.282. The zero-order valence-electron chi connectivity index (χ0n) is 20.0.